The van der Waals surface area contributed by atoms with Crippen LogP contribution in [-0.4, -0.2) is 53.4 Å². The molecule has 0 aliphatic carbocycles. The zero-order valence-electron chi connectivity index (χ0n) is 14.6. The zero-order valence-corrected chi connectivity index (χ0v) is 14.6. The van der Waals surface area contributed by atoms with Gasteiger partial charge >= 0.3 is 41.7 Å². The SMILES string of the molecule is OCC(F)(F)C(F)(F)C(F)(F)C(F)(F)C(F)(F)C(F)(F)CCCCCCC(F)(F)F. The topological polar surface area (TPSA) is 20.2 Å². The lowest BCUT2D eigenvalue weighted by Gasteiger charge is -2.41. The molecule has 0 aliphatic heterocycles. The third-order valence-electron chi connectivity index (χ3n) is 4.00. The number of unbranched alkanes of at least 4 members (excludes halogenated alkanes) is 3. The molecule has 0 unspecified atom stereocenters. The van der Waals surface area contributed by atoms with E-state index < -0.39 is 86.8 Å². The summed E-state index contributed by atoms with van der Waals surface area (Å²) in [5.74, 6) is -42.5. The minimum atomic E-state index is -7.73. The number of rotatable bonds is 12. The first-order valence-electron chi connectivity index (χ1n) is 7.96. The van der Waals surface area contributed by atoms with Crippen molar-refractivity contribution < 1.29 is 71.0 Å². The monoisotopic (exact) mass is 484 g/mol. The molecule has 0 aromatic heterocycles. The molecule has 0 fully saturated rings. The Kier molecular flexibility index (Phi) is 8.49. The van der Waals surface area contributed by atoms with E-state index in [9.17, 15) is 65.9 Å². The molecular weight excluding hydrogens is 469 g/mol. The van der Waals surface area contributed by atoms with Crippen LogP contribution in [0.25, 0.3) is 0 Å². The molecule has 0 radical (unpaired) electrons. The Balaban J connectivity index is 5.45. The van der Waals surface area contributed by atoms with E-state index in [2.05, 4.69) is 0 Å². The molecule has 0 saturated carbocycles. The Bertz CT molecular complexity index is 552. The molecule has 0 spiro atoms. The normalized spacial score (nSPS) is 15.6. The number of halogens is 15. The van der Waals surface area contributed by atoms with E-state index in [0.29, 0.717) is 0 Å². The van der Waals surface area contributed by atoms with Crippen molar-refractivity contribution in [2.75, 3.05) is 6.61 Å². The maximum Gasteiger partial charge on any atom is 0.389 e. The highest BCUT2D eigenvalue weighted by Crippen LogP contribution is 2.60. The number of alkyl halides is 15. The number of hydrogen-bond acceptors (Lipinski definition) is 1. The van der Waals surface area contributed by atoms with Crippen molar-refractivity contribution in [3.63, 3.8) is 0 Å². The molecule has 0 bridgehead atoms. The van der Waals surface area contributed by atoms with Gasteiger partial charge in [-0.05, 0) is 12.8 Å². The minimum Gasteiger partial charge on any atom is -0.390 e. The molecule has 182 valence electrons. The van der Waals surface area contributed by atoms with Gasteiger partial charge in [-0.15, -0.1) is 0 Å². The van der Waals surface area contributed by atoms with Crippen molar-refractivity contribution in [2.24, 2.45) is 0 Å². The van der Waals surface area contributed by atoms with Crippen LogP contribution in [0.3, 0.4) is 0 Å². The summed E-state index contributed by atoms with van der Waals surface area (Å²) in [6, 6.07) is 0. The highest BCUT2D eigenvalue weighted by atomic mass is 19.4. The smallest absolute Gasteiger partial charge is 0.389 e. The largest absolute Gasteiger partial charge is 0.390 e. The summed E-state index contributed by atoms with van der Waals surface area (Å²) in [6.07, 6.45) is -11.3. The Morgan fingerprint density at radius 2 is 0.733 bits per heavy atom. The predicted octanol–water partition coefficient (Wildman–Crippen LogP) is 6.69. The fourth-order valence-electron chi connectivity index (χ4n) is 2.14. The second-order valence-corrected chi connectivity index (χ2v) is 6.39. The first kappa shape index (κ1) is 28.9. The van der Waals surface area contributed by atoms with Crippen LogP contribution in [0, 0.1) is 0 Å². The van der Waals surface area contributed by atoms with E-state index in [-0.39, 0.29) is 0 Å². The summed E-state index contributed by atoms with van der Waals surface area (Å²) in [5.41, 5.74) is 0. The van der Waals surface area contributed by atoms with Crippen LogP contribution in [0.15, 0.2) is 0 Å². The van der Waals surface area contributed by atoms with Crippen LogP contribution >= 0.6 is 0 Å². The first-order chi connectivity index (χ1) is 13.0. The van der Waals surface area contributed by atoms with Gasteiger partial charge in [-0.1, -0.05) is 12.8 Å². The van der Waals surface area contributed by atoms with Crippen LogP contribution in [-0.2, 0) is 0 Å². The Hall–Kier alpha value is -1.09. The summed E-state index contributed by atoms with van der Waals surface area (Å²) in [4.78, 5) is 0. The summed E-state index contributed by atoms with van der Waals surface area (Å²) in [7, 11) is 0. The third-order valence-corrected chi connectivity index (χ3v) is 4.00. The molecule has 0 rings (SSSR count). The molecule has 0 aromatic carbocycles. The van der Waals surface area contributed by atoms with Gasteiger partial charge in [-0.3, -0.25) is 0 Å². The molecule has 0 heterocycles. The van der Waals surface area contributed by atoms with Crippen LogP contribution in [0.5, 0.6) is 0 Å². The summed E-state index contributed by atoms with van der Waals surface area (Å²) >= 11 is 0. The molecule has 1 N–H and O–H groups in total. The Morgan fingerprint density at radius 1 is 0.400 bits per heavy atom. The third kappa shape index (κ3) is 5.39. The molecule has 0 saturated heterocycles. The van der Waals surface area contributed by atoms with E-state index in [1.54, 1.807) is 0 Å². The number of aliphatic hydroxyl groups excluding tert-OH is 1. The molecular formula is C14H15F15O. The van der Waals surface area contributed by atoms with Gasteiger partial charge in [0.1, 0.15) is 6.61 Å². The van der Waals surface area contributed by atoms with Crippen LogP contribution < -0.4 is 0 Å². The van der Waals surface area contributed by atoms with Crippen molar-refractivity contribution >= 4 is 0 Å². The van der Waals surface area contributed by atoms with Gasteiger partial charge in [0.2, 0.25) is 0 Å². The van der Waals surface area contributed by atoms with Gasteiger partial charge in [0.05, 0.1) is 0 Å². The van der Waals surface area contributed by atoms with Gasteiger partial charge in [-0.25, -0.2) is 0 Å². The van der Waals surface area contributed by atoms with E-state index in [4.69, 9.17) is 5.11 Å². The van der Waals surface area contributed by atoms with E-state index in [1.165, 1.54) is 0 Å². The Labute approximate surface area is 159 Å². The van der Waals surface area contributed by atoms with E-state index in [1.807, 2.05) is 0 Å². The van der Waals surface area contributed by atoms with Crippen molar-refractivity contribution in [1.82, 2.24) is 0 Å². The number of hydrogen-bond donors (Lipinski definition) is 1. The second kappa shape index (κ2) is 8.81. The summed E-state index contributed by atoms with van der Waals surface area (Å²) < 4.78 is 194. The molecule has 0 aromatic rings. The lowest BCUT2D eigenvalue weighted by Crippen LogP contribution is -2.71. The van der Waals surface area contributed by atoms with Gasteiger partial charge in [-0.2, -0.15) is 65.9 Å². The van der Waals surface area contributed by atoms with Gasteiger partial charge in [0.15, 0.2) is 0 Å². The highest BCUT2D eigenvalue weighted by molar-refractivity contribution is 5.11. The molecule has 30 heavy (non-hydrogen) atoms. The van der Waals surface area contributed by atoms with Gasteiger partial charge in [0, 0.05) is 12.8 Å². The molecule has 0 amide bonds. The van der Waals surface area contributed by atoms with Gasteiger partial charge < -0.3 is 5.11 Å². The number of aliphatic hydroxyl groups is 1. The maximum absolute atomic E-state index is 13.5. The second-order valence-electron chi connectivity index (χ2n) is 6.39. The summed E-state index contributed by atoms with van der Waals surface area (Å²) in [5, 5.41) is 7.94. The first-order valence-corrected chi connectivity index (χ1v) is 7.96. The van der Waals surface area contributed by atoms with Crippen molar-refractivity contribution in [1.29, 1.82) is 0 Å². The van der Waals surface area contributed by atoms with Crippen molar-refractivity contribution in [3.05, 3.63) is 0 Å². The van der Waals surface area contributed by atoms with E-state index in [0.717, 1.165) is 0 Å². The molecule has 0 atom stereocenters. The minimum absolute atomic E-state index is 0.492. The lowest BCUT2D eigenvalue weighted by atomic mass is 9.89. The molecule has 16 heteroatoms. The highest BCUT2D eigenvalue weighted by Gasteiger charge is 2.89. The average Bonchev–Trinajstić information content (AvgIpc) is 2.55. The van der Waals surface area contributed by atoms with Gasteiger partial charge in [0.25, 0.3) is 0 Å². The fraction of sp³-hybridized carbons (Fsp3) is 1.00. The quantitative estimate of drug-likeness (QED) is 0.242. The lowest BCUT2D eigenvalue weighted by molar-refractivity contribution is -0.427. The predicted molar refractivity (Wildman–Crippen MR) is 70.5 cm³/mol. The standard InChI is InChI=1S/C14H15F15O/c15-8(16,5-3-1-2-4-6-10(19,20)21)11(22,23)13(26,27)14(28,29)12(24,25)9(17,18)7-30/h30H,1-7H2. The zero-order chi connectivity index (χ0) is 24.4. The molecule has 1 nitrogen and oxygen atoms in total. The maximum atomic E-state index is 13.5. The summed E-state index contributed by atoms with van der Waals surface area (Å²) in [6.45, 7) is -3.19. The fourth-order valence-corrected chi connectivity index (χ4v) is 2.14. The Morgan fingerprint density at radius 3 is 1.07 bits per heavy atom. The van der Waals surface area contributed by atoms with Crippen molar-refractivity contribution in [3.8, 4) is 0 Å². The molecule has 0 aliphatic rings. The average molecular weight is 484 g/mol. The van der Waals surface area contributed by atoms with Crippen LogP contribution in [0.2, 0.25) is 0 Å². The van der Waals surface area contributed by atoms with E-state index >= 15 is 0 Å². The van der Waals surface area contributed by atoms with Crippen LogP contribution in [0.1, 0.15) is 38.5 Å². The van der Waals surface area contributed by atoms with Crippen molar-refractivity contribution in [2.45, 2.75) is 80.2 Å². The van der Waals surface area contributed by atoms with Crippen LogP contribution in [0.4, 0.5) is 65.9 Å².